The van der Waals surface area contributed by atoms with Crippen molar-refractivity contribution in [2.45, 2.75) is 32.4 Å². The summed E-state index contributed by atoms with van der Waals surface area (Å²) in [6, 6.07) is 12.7. The minimum Gasteiger partial charge on any atom is -0.348 e. The van der Waals surface area contributed by atoms with Gasteiger partial charge >= 0.3 is 0 Å². The number of benzene rings is 1. The number of carbonyl (C=O) groups is 1. The van der Waals surface area contributed by atoms with Crippen LogP contribution in [-0.4, -0.2) is 25.4 Å². The van der Waals surface area contributed by atoms with Crippen LogP contribution in [0.15, 0.2) is 60.9 Å². The van der Waals surface area contributed by atoms with Gasteiger partial charge in [0.25, 0.3) is 0 Å². The van der Waals surface area contributed by atoms with Gasteiger partial charge < -0.3 is 9.88 Å². The number of nitrogens with zero attached hydrogens (tertiary/aromatic N) is 4. The average Bonchev–Trinajstić information content (AvgIpc) is 3.13. The maximum absolute atomic E-state index is 13.7. The summed E-state index contributed by atoms with van der Waals surface area (Å²) in [5, 5.41) is 2.94. The smallest absolute Gasteiger partial charge is 0.220 e. The number of halogens is 2. The van der Waals surface area contributed by atoms with E-state index < -0.39 is 11.6 Å². The number of imidazole rings is 1. The highest BCUT2D eigenvalue weighted by atomic mass is 19.2. The van der Waals surface area contributed by atoms with Crippen molar-refractivity contribution >= 4 is 17.1 Å². The summed E-state index contributed by atoms with van der Waals surface area (Å²) in [4.78, 5) is 25.7. The summed E-state index contributed by atoms with van der Waals surface area (Å²) in [6.45, 7) is 2.15. The largest absolute Gasteiger partial charge is 0.348 e. The van der Waals surface area contributed by atoms with Gasteiger partial charge in [-0.25, -0.2) is 18.7 Å². The number of aryl methyl sites for hydroxylation is 1. The van der Waals surface area contributed by atoms with Crippen molar-refractivity contribution in [3.63, 3.8) is 0 Å². The third-order valence-corrected chi connectivity index (χ3v) is 4.99. The lowest BCUT2D eigenvalue weighted by atomic mass is 10.2. The monoisotopic (exact) mass is 421 g/mol. The summed E-state index contributed by atoms with van der Waals surface area (Å²) in [5.41, 5.74) is 2.68. The van der Waals surface area contributed by atoms with Gasteiger partial charge in [0, 0.05) is 25.2 Å². The van der Waals surface area contributed by atoms with Gasteiger partial charge in [0.15, 0.2) is 17.3 Å². The molecule has 0 fully saturated rings. The molecule has 0 aliphatic heterocycles. The Morgan fingerprint density at radius 1 is 1.06 bits per heavy atom. The van der Waals surface area contributed by atoms with Crippen LogP contribution in [0.4, 0.5) is 8.78 Å². The van der Waals surface area contributed by atoms with E-state index >= 15 is 0 Å². The van der Waals surface area contributed by atoms with Crippen LogP contribution < -0.4 is 5.32 Å². The molecule has 0 radical (unpaired) electrons. The molecule has 3 heterocycles. The van der Waals surface area contributed by atoms with Gasteiger partial charge in [0.05, 0.1) is 18.3 Å². The Hall–Kier alpha value is -3.68. The van der Waals surface area contributed by atoms with Crippen molar-refractivity contribution in [1.29, 1.82) is 0 Å². The normalized spacial score (nSPS) is 12.1. The molecule has 0 spiro atoms. The molecular weight excluding hydrogens is 400 g/mol. The maximum Gasteiger partial charge on any atom is 0.220 e. The number of fused-ring (bicyclic) bond motifs is 1. The highest BCUT2D eigenvalue weighted by molar-refractivity contribution is 5.77. The van der Waals surface area contributed by atoms with Gasteiger partial charge in [-0.2, -0.15) is 0 Å². The minimum atomic E-state index is -0.903. The van der Waals surface area contributed by atoms with Gasteiger partial charge in [-0.05, 0) is 48.9 Å². The predicted octanol–water partition coefficient (Wildman–Crippen LogP) is 3.96. The molecule has 0 saturated carbocycles. The summed E-state index contributed by atoms with van der Waals surface area (Å²) in [7, 11) is 0. The highest BCUT2D eigenvalue weighted by Crippen LogP contribution is 2.19. The van der Waals surface area contributed by atoms with Crippen LogP contribution in [0.1, 0.15) is 36.5 Å². The lowest BCUT2D eigenvalue weighted by Crippen LogP contribution is -2.27. The standard InChI is InChI=1S/C23H21F2N5O/c1-15(19-5-2-3-11-26-19)28-22(31)10-9-21-29-20-6-4-12-27-23(20)30(21)14-16-7-8-17(24)18(25)13-16/h2-8,11-13,15H,9-10,14H2,1H3,(H,28,31). The Balaban J connectivity index is 1.51. The molecule has 0 bridgehead atoms. The molecular formula is C23H21F2N5O. The number of amides is 1. The minimum absolute atomic E-state index is 0.127. The average molecular weight is 421 g/mol. The molecule has 6 nitrogen and oxygen atoms in total. The first-order valence-corrected chi connectivity index (χ1v) is 9.95. The molecule has 1 N–H and O–H groups in total. The molecule has 1 unspecified atom stereocenters. The quantitative estimate of drug-likeness (QED) is 0.490. The topological polar surface area (TPSA) is 72.7 Å². The van der Waals surface area contributed by atoms with Crippen LogP contribution in [0.5, 0.6) is 0 Å². The molecule has 31 heavy (non-hydrogen) atoms. The van der Waals surface area contributed by atoms with Gasteiger partial charge in [-0.1, -0.05) is 12.1 Å². The van der Waals surface area contributed by atoms with Gasteiger partial charge in [-0.15, -0.1) is 0 Å². The molecule has 0 aliphatic carbocycles. The van der Waals surface area contributed by atoms with Crippen LogP contribution in [0.2, 0.25) is 0 Å². The molecule has 1 aromatic carbocycles. The summed E-state index contributed by atoms with van der Waals surface area (Å²) in [6.07, 6.45) is 3.93. The fourth-order valence-corrected chi connectivity index (χ4v) is 3.43. The number of aromatic nitrogens is 4. The van der Waals surface area contributed by atoms with Crippen LogP contribution in [0.25, 0.3) is 11.2 Å². The zero-order valence-corrected chi connectivity index (χ0v) is 16.9. The molecule has 1 amide bonds. The lowest BCUT2D eigenvalue weighted by molar-refractivity contribution is -0.121. The summed E-state index contributed by atoms with van der Waals surface area (Å²) < 4.78 is 28.8. The second-order valence-electron chi connectivity index (χ2n) is 7.25. The van der Waals surface area contributed by atoms with E-state index in [0.717, 1.165) is 17.8 Å². The molecule has 4 aromatic rings. The zero-order chi connectivity index (χ0) is 21.8. The SMILES string of the molecule is CC(NC(=O)CCc1nc2cccnc2n1Cc1ccc(F)c(F)c1)c1ccccn1. The van der Waals surface area contributed by atoms with E-state index in [1.165, 1.54) is 6.07 Å². The molecule has 4 rings (SSSR count). The zero-order valence-electron chi connectivity index (χ0n) is 16.9. The Morgan fingerprint density at radius 2 is 1.90 bits per heavy atom. The Morgan fingerprint density at radius 3 is 2.68 bits per heavy atom. The Labute approximate surface area is 178 Å². The second-order valence-corrected chi connectivity index (χ2v) is 7.25. The second kappa shape index (κ2) is 8.99. The van der Waals surface area contributed by atoms with Crippen molar-refractivity contribution in [2.24, 2.45) is 0 Å². The van der Waals surface area contributed by atoms with Gasteiger partial charge in [0.1, 0.15) is 11.3 Å². The molecule has 8 heteroatoms. The predicted molar refractivity (Wildman–Crippen MR) is 112 cm³/mol. The molecule has 1 atom stereocenters. The van der Waals surface area contributed by atoms with Gasteiger partial charge in [0.2, 0.25) is 5.91 Å². The number of pyridine rings is 2. The molecule has 3 aromatic heterocycles. The molecule has 158 valence electrons. The summed E-state index contributed by atoms with van der Waals surface area (Å²) >= 11 is 0. The van der Waals surface area contributed by atoms with Crippen LogP contribution in [0.3, 0.4) is 0 Å². The van der Waals surface area contributed by atoms with Crippen molar-refractivity contribution < 1.29 is 13.6 Å². The lowest BCUT2D eigenvalue weighted by Gasteiger charge is -2.13. The van der Waals surface area contributed by atoms with Crippen LogP contribution >= 0.6 is 0 Å². The first kappa shape index (κ1) is 20.6. The van der Waals surface area contributed by atoms with Crippen LogP contribution in [0, 0.1) is 11.6 Å². The Bertz CT molecular complexity index is 1210. The van der Waals surface area contributed by atoms with E-state index in [4.69, 9.17) is 0 Å². The van der Waals surface area contributed by atoms with E-state index in [9.17, 15) is 13.6 Å². The number of nitrogens with one attached hydrogen (secondary N) is 1. The van der Waals surface area contributed by atoms with Crippen molar-refractivity contribution in [3.8, 4) is 0 Å². The first-order chi connectivity index (χ1) is 15.0. The van der Waals surface area contributed by atoms with E-state index in [1.54, 1.807) is 18.5 Å². The van der Waals surface area contributed by atoms with E-state index in [-0.39, 0.29) is 24.9 Å². The maximum atomic E-state index is 13.7. The van der Waals surface area contributed by atoms with E-state index in [0.29, 0.717) is 29.0 Å². The van der Waals surface area contributed by atoms with E-state index in [1.807, 2.05) is 35.8 Å². The fraction of sp³-hybridized carbons (Fsp3) is 0.217. The van der Waals surface area contributed by atoms with Crippen molar-refractivity contribution in [1.82, 2.24) is 24.8 Å². The number of rotatable bonds is 7. The number of carbonyl (C=O) groups excluding carboxylic acids is 1. The molecule has 0 saturated heterocycles. The van der Waals surface area contributed by atoms with E-state index in [2.05, 4.69) is 20.3 Å². The van der Waals surface area contributed by atoms with Crippen LogP contribution in [-0.2, 0) is 17.8 Å². The third-order valence-electron chi connectivity index (χ3n) is 4.99. The highest BCUT2D eigenvalue weighted by Gasteiger charge is 2.16. The first-order valence-electron chi connectivity index (χ1n) is 9.95. The summed E-state index contributed by atoms with van der Waals surface area (Å²) in [5.74, 6) is -1.27. The number of hydrogen-bond acceptors (Lipinski definition) is 4. The molecule has 0 aliphatic rings. The Kier molecular flexibility index (Phi) is 5.97. The third kappa shape index (κ3) is 4.74. The fourth-order valence-electron chi connectivity index (χ4n) is 3.43. The van der Waals surface area contributed by atoms with Crippen molar-refractivity contribution in [3.05, 3.63) is 89.6 Å². The van der Waals surface area contributed by atoms with Gasteiger partial charge in [-0.3, -0.25) is 9.78 Å². The number of hydrogen-bond donors (Lipinski definition) is 1. The van der Waals surface area contributed by atoms with Crippen molar-refractivity contribution in [2.75, 3.05) is 0 Å².